The fraction of sp³-hybridized carbons (Fsp3) is 0.538. The molecule has 0 aromatic heterocycles. The van der Waals surface area contributed by atoms with E-state index < -0.39 is 17.7 Å². The average molecular weight is 338 g/mol. The van der Waals surface area contributed by atoms with Gasteiger partial charge in [0.2, 0.25) is 0 Å². The Kier molecular flexibility index (Phi) is 7.27. The van der Waals surface area contributed by atoms with Crippen LogP contribution in [0.3, 0.4) is 0 Å². The quantitative estimate of drug-likeness (QED) is 0.564. The van der Waals surface area contributed by atoms with E-state index in [1.807, 2.05) is 0 Å². The number of hydrogen-bond donors (Lipinski definition) is 2. The van der Waals surface area contributed by atoms with Crippen molar-refractivity contribution in [2.75, 3.05) is 25.1 Å². The highest BCUT2D eigenvalue weighted by Crippen LogP contribution is 2.23. The summed E-state index contributed by atoms with van der Waals surface area (Å²) in [4.78, 5) is 0. The molecule has 0 bridgehead atoms. The first-order chi connectivity index (χ1) is 9.04. The van der Waals surface area contributed by atoms with Gasteiger partial charge in [-0.3, -0.25) is 0 Å². The number of halogens is 3. The molecular weight excluding hydrogens is 320 g/mol. The van der Waals surface area contributed by atoms with Crippen LogP contribution in [0.4, 0.5) is 14.5 Å². The van der Waals surface area contributed by atoms with E-state index in [2.05, 4.69) is 28.2 Å². The number of rotatable bonds is 8. The van der Waals surface area contributed by atoms with Crippen LogP contribution in [-0.2, 0) is 4.74 Å². The third-order valence-corrected chi connectivity index (χ3v) is 3.10. The molecule has 0 saturated carbocycles. The molecule has 1 rings (SSSR count). The molecule has 1 aromatic carbocycles. The van der Waals surface area contributed by atoms with E-state index in [0.29, 0.717) is 6.61 Å². The van der Waals surface area contributed by atoms with Gasteiger partial charge in [0.25, 0.3) is 0 Å². The number of hydrogen-bond acceptors (Lipinski definition) is 3. The van der Waals surface area contributed by atoms with Gasteiger partial charge in [-0.2, -0.15) is 0 Å². The van der Waals surface area contributed by atoms with E-state index in [4.69, 9.17) is 4.74 Å². The van der Waals surface area contributed by atoms with Crippen LogP contribution in [0.25, 0.3) is 0 Å². The lowest BCUT2D eigenvalue weighted by Gasteiger charge is -2.14. The maximum atomic E-state index is 13.4. The molecule has 2 N–H and O–H groups in total. The van der Waals surface area contributed by atoms with Crippen molar-refractivity contribution < 1.29 is 18.6 Å². The summed E-state index contributed by atoms with van der Waals surface area (Å²) in [6.07, 6.45) is 1.24. The zero-order valence-corrected chi connectivity index (χ0v) is 12.3. The molecule has 3 nitrogen and oxygen atoms in total. The van der Waals surface area contributed by atoms with E-state index in [-0.39, 0.29) is 23.3 Å². The van der Waals surface area contributed by atoms with Gasteiger partial charge < -0.3 is 15.2 Å². The molecule has 0 saturated heterocycles. The highest BCUT2D eigenvalue weighted by molar-refractivity contribution is 9.10. The van der Waals surface area contributed by atoms with Crippen molar-refractivity contribution in [3.63, 3.8) is 0 Å². The molecule has 108 valence electrons. The number of unbranched alkanes of at least 4 members (excludes halogenated alkanes) is 1. The van der Waals surface area contributed by atoms with Crippen molar-refractivity contribution in [1.29, 1.82) is 0 Å². The molecule has 0 heterocycles. The van der Waals surface area contributed by atoms with Crippen molar-refractivity contribution in [3.8, 4) is 0 Å². The summed E-state index contributed by atoms with van der Waals surface area (Å²) < 4.78 is 31.8. The van der Waals surface area contributed by atoms with Crippen molar-refractivity contribution in [2.45, 2.75) is 25.9 Å². The molecule has 0 spiro atoms. The standard InChI is InChI=1S/C13H18BrF2NO2/c1-2-3-4-19-8-9(18)7-17-13-5-10(14)11(15)6-12(13)16/h5-6,9,17-18H,2-4,7-8H2,1H3. The zero-order valence-electron chi connectivity index (χ0n) is 10.8. The minimum Gasteiger partial charge on any atom is -0.389 e. The van der Waals surface area contributed by atoms with Gasteiger partial charge in [-0.05, 0) is 28.4 Å². The van der Waals surface area contributed by atoms with Crippen LogP contribution < -0.4 is 5.32 Å². The number of ether oxygens (including phenoxy) is 1. The van der Waals surface area contributed by atoms with Crippen LogP contribution in [0.5, 0.6) is 0 Å². The first kappa shape index (κ1) is 16.3. The lowest BCUT2D eigenvalue weighted by molar-refractivity contribution is 0.0421. The molecule has 1 unspecified atom stereocenters. The average Bonchev–Trinajstić information content (AvgIpc) is 2.37. The monoisotopic (exact) mass is 337 g/mol. The zero-order chi connectivity index (χ0) is 14.3. The minimum atomic E-state index is -0.736. The van der Waals surface area contributed by atoms with Crippen molar-refractivity contribution in [1.82, 2.24) is 0 Å². The van der Waals surface area contributed by atoms with Gasteiger partial charge in [-0.1, -0.05) is 13.3 Å². The summed E-state index contributed by atoms with van der Waals surface area (Å²) in [6, 6.07) is 2.09. The van der Waals surface area contributed by atoms with Gasteiger partial charge in [0.15, 0.2) is 0 Å². The fourth-order valence-corrected chi connectivity index (χ4v) is 1.75. The number of anilines is 1. The minimum absolute atomic E-state index is 0.140. The number of benzene rings is 1. The van der Waals surface area contributed by atoms with E-state index in [1.165, 1.54) is 6.07 Å². The van der Waals surface area contributed by atoms with E-state index in [0.717, 1.165) is 18.9 Å². The van der Waals surface area contributed by atoms with Crippen molar-refractivity contribution >= 4 is 21.6 Å². The van der Waals surface area contributed by atoms with E-state index in [9.17, 15) is 13.9 Å². The second-order valence-corrected chi connectivity index (χ2v) is 5.06. The Bertz CT molecular complexity index is 404. The third kappa shape index (κ3) is 5.84. The predicted molar refractivity (Wildman–Crippen MR) is 74.3 cm³/mol. The summed E-state index contributed by atoms with van der Waals surface area (Å²) in [7, 11) is 0. The van der Waals surface area contributed by atoms with Crippen LogP contribution >= 0.6 is 15.9 Å². The molecule has 0 radical (unpaired) electrons. The summed E-state index contributed by atoms with van der Waals surface area (Å²) in [5.41, 5.74) is 0.140. The van der Waals surface area contributed by atoms with Crippen molar-refractivity contribution in [3.05, 3.63) is 28.2 Å². The molecule has 0 fully saturated rings. The van der Waals surface area contributed by atoms with Gasteiger partial charge >= 0.3 is 0 Å². The lowest BCUT2D eigenvalue weighted by atomic mass is 10.2. The Morgan fingerprint density at radius 1 is 1.37 bits per heavy atom. The van der Waals surface area contributed by atoms with Crippen molar-refractivity contribution in [2.24, 2.45) is 0 Å². The number of aliphatic hydroxyl groups is 1. The highest BCUT2D eigenvalue weighted by atomic mass is 79.9. The Labute approximate surface area is 120 Å². The smallest absolute Gasteiger partial charge is 0.149 e. The molecular formula is C13H18BrF2NO2. The van der Waals surface area contributed by atoms with Crippen LogP contribution in [-0.4, -0.2) is 31.0 Å². The number of nitrogens with one attached hydrogen (secondary N) is 1. The summed E-state index contributed by atoms with van der Waals surface area (Å²) >= 11 is 2.98. The fourth-order valence-electron chi connectivity index (χ4n) is 1.41. The van der Waals surface area contributed by atoms with Gasteiger partial charge in [0.1, 0.15) is 11.6 Å². The number of aliphatic hydroxyl groups excluding tert-OH is 1. The Hall–Kier alpha value is -0.720. The highest BCUT2D eigenvalue weighted by Gasteiger charge is 2.10. The van der Waals surface area contributed by atoms with Crippen LogP contribution in [0.15, 0.2) is 16.6 Å². The van der Waals surface area contributed by atoms with Crippen LogP contribution in [0.1, 0.15) is 19.8 Å². The lowest BCUT2D eigenvalue weighted by Crippen LogP contribution is -2.25. The molecule has 19 heavy (non-hydrogen) atoms. The summed E-state index contributed by atoms with van der Waals surface area (Å²) in [5, 5.41) is 12.3. The summed E-state index contributed by atoms with van der Waals surface area (Å²) in [5.74, 6) is -1.36. The third-order valence-electron chi connectivity index (χ3n) is 2.49. The SMILES string of the molecule is CCCCOCC(O)CNc1cc(Br)c(F)cc1F. The van der Waals surface area contributed by atoms with Gasteiger partial charge in [-0.25, -0.2) is 8.78 Å². The molecule has 1 atom stereocenters. The molecule has 0 aliphatic heterocycles. The van der Waals surface area contributed by atoms with E-state index >= 15 is 0 Å². The topological polar surface area (TPSA) is 41.5 Å². The Morgan fingerprint density at radius 2 is 2.11 bits per heavy atom. The first-order valence-corrected chi connectivity index (χ1v) is 6.98. The second kappa shape index (κ2) is 8.45. The maximum Gasteiger partial charge on any atom is 0.149 e. The first-order valence-electron chi connectivity index (χ1n) is 6.18. The largest absolute Gasteiger partial charge is 0.389 e. The molecule has 0 amide bonds. The predicted octanol–water partition coefficient (Wildman–Crippen LogP) is 3.32. The van der Waals surface area contributed by atoms with Crippen LogP contribution in [0.2, 0.25) is 0 Å². The Morgan fingerprint density at radius 3 is 2.79 bits per heavy atom. The molecule has 6 heteroatoms. The maximum absolute atomic E-state index is 13.4. The molecule has 1 aromatic rings. The molecule has 0 aliphatic carbocycles. The van der Waals surface area contributed by atoms with E-state index in [1.54, 1.807) is 0 Å². The summed E-state index contributed by atoms with van der Waals surface area (Å²) in [6.45, 7) is 2.98. The van der Waals surface area contributed by atoms with Crippen LogP contribution in [0, 0.1) is 11.6 Å². The normalized spacial score (nSPS) is 12.5. The van der Waals surface area contributed by atoms with Gasteiger partial charge in [-0.15, -0.1) is 0 Å². The molecule has 0 aliphatic rings. The van der Waals surface area contributed by atoms with Gasteiger partial charge in [0.05, 0.1) is 22.9 Å². The second-order valence-electron chi connectivity index (χ2n) is 4.21. The van der Waals surface area contributed by atoms with Gasteiger partial charge in [0, 0.05) is 19.2 Å². The Balaban J connectivity index is 2.37.